The van der Waals surface area contributed by atoms with Crippen LogP contribution >= 0.6 is 0 Å². The summed E-state index contributed by atoms with van der Waals surface area (Å²) in [6.07, 6.45) is 10.6. The molecule has 0 radical (unpaired) electrons. The molecule has 27 heavy (non-hydrogen) atoms. The second-order valence-corrected chi connectivity index (χ2v) is 7.33. The van der Waals surface area contributed by atoms with Crippen LogP contribution in [0.1, 0.15) is 45.6 Å². The Morgan fingerprint density at radius 3 is 2.81 bits per heavy atom. The largest absolute Gasteiger partial charge is 0.466 e. The molecule has 1 fully saturated rings. The highest BCUT2D eigenvalue weighted by atomic mass is 16.5. The zero-order chi connectivity index (χ0) is 19.6. The SMILES string of the molecule is C/C=C\C1CCC(C)C(C(=O)OCC)C1.NCCc1c[nH]c2ccccc12. The Balaban J connectivity index is 0.000000198. The van der Waals surface area contributed by atoms with Gasteiger partial charge in [-0.05, 0) is 69.5 Å². The number of esters is 1. The number of fused-ring (bicyclic) bond motifs is 1. The summed E-state index contributed by atoms with van der Waals surface area (Å²) in [7, 11) is 0. The second-order valence-electron chi connectivity index (χ2n) is 7.33. The Morgan fingerprint density at radius 1 is 1.33 bits per heavy atom. The van der Waals surface area contributed by atoms with E-state index in [0.717, 1.165) is 19.3 Å². The number of aromatic nitrogens is 1. The summed E-state index contributed by atoms with van der Waals surface area (Å²) < 4.78 is 5.12. The average molecular weight is 371 g/mol. The van der Waals surface area contributed by atoms with E-state index < -0.39 is 0 Å². The minimum atomic E-state index is -0.000738. The molecule has 1 saturated carbocycles. The summed E-state index contributed by atoms with van der Waals surface area (Å²) in [6, 6.07) is 8.29. The highest BCUT2D eigenvalue weighted by molar-refractivity contribution is 5.83. The standard InChI is InChI=1S/C13H22O2.C10H12N2/c1-4-6-11-8-7-10(3)12(9-11)13(14)15-5-2;11-6-5-8-7-12-10-4-2-1-3-9(8)10/h4,6,10-12H,5,7-9H2,1-3H3;1-4,7,12H,5-6,11H2/b6-4-;. The molecule has 3 rings (SSSR count). The average Bonchev–Trinajstić information content (AvgIpc) is 3.08. The van der Waals surface area contributed by atoms with Crippen molar-refractivity contribution in [1.82, 2.24) is 4.98 Å². The van der Waals surface area contributed by atoms with Gasteiger partial charge in [-0.3, -0.25) is 4.79 Å². The number of hydrogen-bond acceptors (Lipinski definition) is 3. The van der Waals surface area contributed by atoms with Gasteiger partial charge in [0.1, 0.15) is 0 Å². The summed E-state index contributed by atoms with van der Waals surface area (Å²) in [6.45, 7) is 7.28. The fraction of sp³-hybridized carbons (Fsp3) is 0.522. The van der Waals surface area contributed by atoms with Crippen molar-refractivity contribution in [3.8, 4) is 0 Å². The first kappa shape index (κ1) is 21.2. The van der Waals surface area contributed by atoms with Crippen LogP contribution < -0.4 is 5.73 Å². The van der Waals surface area contributed by atoms with Gasteiger partial charge in [0.05, 0.1) is 12.5 Å². The van der Waals surface area contributed by atoms with Gasteiger partial charge in [-0.2, -0.15) is 0 Å². The number of hydrogen-bond donors (Lipinski definition) is 2. The van der Waals surface area contributed by atoms with Crippen LogP contribution in [0.5, 0.6) is 0 Å². The third kappa shape index (κ3) is 5.96. The molecule has 3 atom stereocenters. The van der Waals surface area contributed by atoms with Crippen molar-refractivity contribution in [2.45, 2.75) is 46.5 Å². The van der Waals surface area contributed by atoms with E-state index in [0.29, 0.717) is 25.0 Å². The molecule has 0 saturated heterocycles. The Kier molecular flexibility index (Phi) is 8.59. The van der Waals surface area contributed by atoms with Gasteiger partial charge >= 0.3 is 5.97 Å². The lowest BCUT2D eigenvalue weighted by Gasteiger charge is -2.31. The predicted molar refractivity (Wildman–Crippen MR) is 112 cm³/mol. The van der Waals surface area contributed by atoms with Gasteiger partial charge in [-0.25, -0.2) is 0 Å². The van der Waals surface area contributed by atoms with Crippen LogP contribution in [0.2, 0.25) is 0 Å². The molecule has 0 aliphatic heterocycles. The van der Waals surface area contributed by atoms with Crippen molar-refractivity contribution in [2.75, 3.05) is 13.2 Å². The highest BCUT2D eigenvalue weighted by Gasteiger charge is 2.32. The fourth-order valence-corrected chi connectivity index (χ4v) is 3.87. The van der Waals surface area contributed by atoms with Gasteiger partial charge in [0, 0.05) is 17.1 Å². The second kappa shape index (κ2) is 10.9. The summed E-state index contributed by atoms with van der Waals surface area (Å²) in [5.41, 5.74) is 8.01. The molecule has 2 aromatic rings. The van der Waals surface area contributed by atoms with Crippen LogP contribution in [0.3, 0.4) is 0 Å². The van der Waals surface area contributed by atoms with Crippen LogP contribution in [-0.4, -0.2) is 24.1 Å². The summed E-state index contributed by atoms with van der Waals surface area (Å²) in [5.74, 6) is 1.16. The van der Waals surface area contributed by atoms with Crippen LogP contribution in [0, 0.1) is 17.8 Å². The number of H-pyrrole nitrogens is 1. The molecule has 0 spiro atoms. The summed E-state index contributed by atoms with van der Waals surface area (Å²) in [4.78, 5) is 14.9. The predicted octanol–water partition coefficient (Wildman–Crippen LogP) is 4.85. The van der Waals surface area contributed by atoms with Crippen LogP contribution in [0.4, 0.5) is 0 Å². The maximum absolute atomic E-state index is 11.7. The third-order valence-electron chi connectivity index (χ3n) is 5.38. The first-order valence-electron chi connectivity index (χ1n) is 10.1. The third-order valence-corrected chi connectivity index (χ3v) is 5.38. The number of para-hydroxylation sites is 1. The lowest BCUT2D eigenvalue weighted by atomic mass is 9.75. The molecule has 0 bridgehead atoms. The quantitative estimate of drug-likeness (QED) is 0.584. The van der Waals surface area contributed by atoms with Crippen molar-refractivity contribution in [3.05, 3.63) is 48.2 Å². The Labute approximate surface area is 163 Å². The lowest BCUT2D eigenvalue weighted by molar-refractivity contribution is -0.151. The Bertz CT molecular complexity index is 735. The Morgan fingerprint density at radius 2 is 2.11 bits per heavy atom. The number of rotatable bonds is 5. The molecule has 3 N–H and O–H groups in total. The topological polar surface area (TPSA) is 68.1 Å². The van der Waals surface area contributed by atoms with Crippen LogP contribution in [0.15, 0.2) is 42.6 Å². The molecular formula is C23H34N2O2. The van der Waals surface area contributed by atoms with E-state index in [-0.39, 0.29) is 11.9 Å². The van der Waals surface area contributed by atoms with Gasteiger partial charge in [0.15, 0.2) is 0 Å². The molecular weight excluding hydrogens is 336 g/mol. The molecule has 1 heterocycles. The first-order chi connectivity index (χ1) is 13.1. The molecule has 4 heteroatoms. The normalized spacial score (nSPS) is 22.4. The molecule has 148 valence electrons. The highest BCUT2D eigenvalue weighted by Crippen LogP contribution is 2.35. The number of carbonyl (C=O) groups excluding carboxylic acids is 1. The van der Waals surface area contributed by atoms with Crippen molar-refractivity contribution in [2.24, 2.45) is 23.5 Å². The molecule has 4 nitrogen and oxygen atoms in total. The molecule has 1 aliphatic rings. The molecule has 1 aromatic heterocycles. The number of nitrogens with two attached hydrogens (primary N) is 1. The van der Waals surface area contributed by atoms with Gasteiger partial charge in [-0.1, -0.05) is 37.3 Å². The minimum absolute atomic E-state index is 0.000738. The van der Waals surface area contributed by atoms with E-state index in [1.54, 1.807) is 0 Å². The van der Waals surface area contributed by atoms with Crippen molar-refractivity contribution >= 4 is 16.9 Å². The van der Waals surface area contributed by atoms with Crippen LogP contribution in [0.25, 0.3) is 10.9 Å². The van der Waals surface area contributed by atoms with Crippen molar-refractivity contribution < 1.29 is 9.53 Å². The minimum Gasteiger partial charge on any atom is -0.466 e. The van der Waals surface area contributed by atoms with Crippen LogP contribution in [-0.2, 0) is 16.0 Å². The number of nitrogens with one attached hydrogen (secondary N) is 1. The van der Waals surface area contributed by atoms with E-state index in [1.165, 1.54) is 22.9 Å². The van der Waals surface area contributed by atoms with Gasteiger partial charge in [-0.15, -0.1) is 0 Å². The van der Waals surface area contributed by atoms with Crippen molar-refractivity contribution in [1.29, 1.82) is 0 Å². The van der Waals surface area contributed by atoms with E-state index >= 15 is 0 Å². The lowest BCUT2D eigenvalue weighted by Crippen LogP contribution is -2.30. The summed E-state index contributed by atoms with van der Waals surface area (Å²) in [5, 5.41) is 1.29. The van der Waals surface area contributed by atoms with E-state index in [4.69, 9.17) is 10.5 Å². The van der Waals surface area contributed by atoms with Gasteiger partial charge in [0.25, 0.3) is 0 Å². The smallest absolute Gasteiger partial charge is 0.309 e. The summed E-state index contributed by atoms with van der Waals surface area (Å²) >= 11 is 0. The monoisotopic (exact) mass is 370 g/mol. The number of allylic oxidation sites excluding steroid dienone is 2. The van der Waals surface area contributed by atoms with Gasteiger partial charge < -0.3 is 15.5 Å². The molecule has 3 unspecified atom stereocenters. The molecule has 0 amide bonds. The molecule has 1 aromatic carbocycles. The van der Waals surface area contributed by atoms with E-state index in [1.807, 2.05) is 26.1 Å². The zero-order valence-corrected chi connectivity index (χ0v) is 16.9. The van der Waals surface area contributed by atoms with E-state index in [9.17, 15) is 4.79 Å². The number of carbonyl (C=O) groups is 1. The fourth-order valence-electron chi connectivity index (χ4n) is 3.87. The molecule has 1 aliphatic carbocycles. The number of benzene rings is 1. The van der Waals surface area contributed by atoms with E-state index in [2.05, 4.69) is 42.3 Å². The van der Waals surface area contributed by atoms with Gasteiger partial charge in [0.2, 0.25) is 0 Å². The maximum atomic E-state index is 11.7. The maximum Gasteiger partial charge on any atom is 0.309 e. The number of ether oxygens (including phenoxy) is 1. The number of aromatic amines is 1. The van der Waals surface area contributed by atoms with Crippen molar-refractivity contribution in [3.63, 3.8) is 0 Å². The Hall–Kier alpha value is -2.07. The zero-order valence-electron chi connectivity index (χ0n) is 16.9. The first-order valence-corrected chi connectivity index (χ1v) is 10.1.